The number of nitrogens with one attached hydrogen (secondary N) is 2. The van der Waals surface area contributed by atoms with Crippen molar-refractivity contribution in [2.75, 3.05) is 26.8 Å². The Balaban J connectivity index is 2.25. The molecule has 7 heteroatoms. The van der Waals surface area contributed by atoms with Crippen molar-refractivity contribution in [2.45, 2.75) is 6.42 Å². The van der Waals surface area contributed by atoms with Crippen molar-refractivity contribution in [1.82, 2.24) is 10.7 Å². The van der Waals surface area contributed by atoms with Crippen LogP contribution in [-0.4, -0.2) is 32.8 Å². The Kier molecular flexibility index (Phi) is 6.95. The summed E-state index contributed by atoms with van der Waals surface area (Å²) in [5.74, 6) is 5.91. The van der Waals surface area contributed by atoms with E-state index in [1.165, 1.54) is 4.88 Å². The van der Waals surface area contributed by atoms with E-state index < -0.39 is 0 Å². The van der Waals surface area contributed by atoms with Gasteiger partial charge in [-0.25, -0.2) is 10.8 Å². The topological polar surface area (TPSA) is 71.7 Å². The Labute approximate surface area is 110 Å². The molecule has 1 aromatic heterocycles. The van der Waals surface area contributed by atoms with Crippen LogP contribution in [0.4, 0.5) is 0 Å². The van der Waals surface area contributed by atoms with Crippen LogP contribution in [0.15, 0.2) is 17.1 Å². The van der Waals surface area contributed by atoms with Gasteiger partial charge in [0.15, 0.2) is 0 Å². The second-order valence-corrected chi connectivity index (χ2v) is 5.05. The first-order chi connectivity index (χ1) is 8.26. The van der Waals surface area contributed by atoms with E-state index in [1.54, 1.807) is 18.4 Å². The number of guanidine groups is 1. The Morgan fingerprint density at radius 2 is 2.41 bits per heavy atom. The Bertz CT molecular complexity index is 356. The molecule has 0 atom stereocenters. The summed E-state index contributed by atoms with van der Waals surface area (Å²) in [6.45, 7) is 1.91. The summed E-state index contributed by atoms with van der Waals surface area (Å²) in [6, 6.07) is 3.92. The van der Waals surface area contributed by atoms with Gasteiger partial charge in [-0.2, -0.15) is 0 Å². The van der Waals surface area contributed by atoms with Crippen LogP contribution in [0.5, 0.6) is 0 Å². The SMILES string of the molecule is COCCN=C(NN)NCCc1ccc(Cl)s1. The molecule has 0 aliphatic heterocycles. The molecule has 0 spiro atoms. The number of halogens is 1. The molecule has 5 nitrogen and oxygen atoms in total. The van der Waals surface area contributed by atoms with Gasteiger partial charge in [-0.1, -0.05) is 11.6 Å². The smallest absolute Gasteiger partial charge is 0.205 e. The molecule has 0 aromatic carbocycles. The number of aliphatic imine (C=N–C) groups is 1. The van der Waals surface area contributed by atoms with Crippen LogP contribution in [0.25, 0.3) is 0 Å². The molecule has 96 valence electrons. The van der Waals surface area contributed by atoms with Crippen LogP contribution in [0.2, 0.25) is 4.34 Å². The molecule has 0 saturated carbocycles. The van der Waals surface area contributed by atoms with E-state index in [9.17, 15) is 0 Å². The minimum atomic E-state index is 0.574. The minimum Gasteiger partial charge on any atom is -0.383 e. The Morgan fingerprint density at radius 1 is 1.59 bits per heavy atom. The fourth-order valence-corrected chi connectivity index (χ4v) is 2.28. The Hall–Kier alpha value is -0.820. The van der Waals surface area contributed by atoms with Crippen LogP contribution in [-0.2, 0) is 11.2 Å². The third-order valence-corrected chi connectivity index (χ3v) is 3.29. The monoisotopic (exact) mass is 276 g/mol. The number of thiophene rings is 1. The predicted molar refractivity (Wildman–Crippen MR) is 72.5 cm³/mol. The van der Waals surface area contributed by atoms with Crippen LogP contribution in [0.3, 0.4) is 0 Å². The molecule has 0 fully saturated rings. The molecule has 4 N–H and O–H groups in total. The fourth-order valence-electron chi connectivity index (χ4n) is 1.19. The van der Waals surface area contributed by atoms with Gasteiger partial charge in [-0.3, -0.25) is 5.43 Å². The number of nitrogens with two attached hydrogens (primary N) is 1. The highest BCUT2D eigenvalue weighted by atomic mass is 35.5. The summed E-state index contributed by atoms with van der Waals surface area (Å²) in [5, 5.41) is 3.11. The average molecular weight is 277 g/mol. The second-order valence-electron chi connectivity index (χ2n) is 3.25. The molecule has 1 aromatic rings. The molecule has 0 aliphatic carbocycles. The van der Waals surface area contributed by atoms with Gasteiger partial charge in [0.1, 0.15) is 0 Å². The van der Waals surface area contributed by atoms with Gasteiger partial charge in [0.05, 0.1) is 17.5 Å². The van der Waals surface area contributed by atoms with Gasteiger partial charge in [0.25, 0.3) is 0 Å². The number of rotatable bonds is 6. The third kappa shape index (κ3) is 5.88. The number of nitrogens with zero attached hydrogens (tertiary/aromatic N) is 1. The molecular formula is C10H17ClN4OS. The van der Waals surface area contributed by atoms with Gasteiger partial charge in [0, 0.05) is 18.5 Å². The highest BCUT2D eigenvalue weighted by Crippen LogP contribution is 2.21. The van der Waals surface area contributed by atoms with E-state index in [0.29, 0.717) is 19.1 Å². The first-order valence-corrected chi connectivity index (χ1v) is 6.43. The second kappa shape index (κ2) is 8.30. The van der Waals surface area contributed by atoms with E-state index in [2.05, 4.69) is 15.7 Å². The van der Waals surface area contributed by atoms with Crippen molar-refractivity contribution in [2.24, 2.45) is 10.8 Å². The zero-order chi connectivity index (χ0) is 12.5. The number of hydrogen-bond acceptors (Lipinski definition) is 4. The summed E-state index contributed by atoms with van der Waals surface area (Å²) >= 11 is 7.42. The van der Waals surface area contributed by atoms with Crippen LogP contribution in [0.1, 0.15) is 4.88 Å². The van der Waals surface area contributed by atoms with Gasteiger partial charge >= 0.3 is 0 Å². The molecule has 0 radical (unpaired) electrons. The average Bonchev–Trinajstić information content (AvgIpc) is 2.73. The maximum atomic E-state index is 5.84. The minimum absolute atomic E-state index is 0.574. The van der Waals surface area contributed by atoms with Crippen molar-refractivity contribution in [3.05, 3.63) is 21.3 Å². The first kappa shape index (κ1) is 14.2. The standard InChI is InChI=1S/C10H17ClN4OS/c1-16-7-6-14-10(15-12)13-5-4-8-2-3-9(11)17-8/h2-3H,4-7,12H2,1H3,(H2,13,14,15). The molecule has 0 amide bonds. The summed E-state index contributed by atoms with van der Waals surface area (Å²) in [6.07, 6.45) is 0.891. The first-order valence-electron chi connectivity index (χ1n) is 5.24. The van der Waals surface area contributed by atoms with E-state index >= 15 is 0 Å². The quantitative estimate of drug-likeness (QED) is 0.238. The summed E-state index contributed by atoms with van der Waals surface area (Å²) < 4.78 is 5.71. The predicted octanol–water partition coefficient (Wildman–Crippen LogP) is 0.999. The highest BCUT2D eigenvalue weighted by Gasteiger charge is 1.99. The van der Waals surface area contributed by atoms with E-state index in [4.69, 9.17) is 22.2 Å². The number of hydrogen-bond donors (Lipinski definition) is 3. The van der Waals surface area contributed by atoms with Gasteiger partial charge in [0.2, 0.25) is 5.96 Å². The zero-order valence-electron chi connectivity index (χ0n) is 9.70. The molecular weight excluding hydrogens is 260 g/mol. The van der Waals surface area contributed by atoms with E-state index in [0.717, 1.165) is 17.3 Å². The maximum absolute atomic E-state index is 5.84. The van der Waals surface area contributed by atoms with Crippen LogP contribution < -0.4 is 16.6 Å². The number of hydrazine groups is 1. The van der Waals surface area contributed by atoms with Crippen molar-refractivity contribution in [3.8, 4) is 0 Å². The summed E-state index contributed by atoms with van der Waals surface area (Å²) in [4.78, 5) is 5.42. The number of methoxy groups -OCH3 is 1. The lowest BCUT2D eigenvalue weighted by atomic mass is 10.3. The molecule has 0 aliphatic rings. The van der Waals surface area contributed by atoms with Crippen molar-refractivity contribution in [1.29, 1.82) is 0 Å². The van der Waals surface area contributed by atoms with Crippen molar-refractivity contribution in [3.63, 3.8) is 0 Å². The molecule has 1 heterocycles. The van der Waals surface area contributed by atoms with Crippen molar-refractivity contribution < 1.29 is 4.74 Å². The highest BCUT2D eigenvalue weighted by molar-refractivity contribution is 7.16. The largest absolute Gasteiger partial charge is 0.383 e. The molecule has 17 heavy (non-hydrogen) atoms. The molecule has 0 bridgehead atoms. The molecule has 0 unspecified atom stereocenters. The molecule has 0 saturated heterocycles. The van der Waals surface area contributed by atoms with Crippen LogP contribution in [0, 0.1) is 0 Å². The fraction of sp³-hybridized carbons (Fsp3) is 0.500. The van der Waals surface area contributed by atoms with Crippen LogP contribution >= 0.6 is 22.9 Å². The Morgan fingerprint density at radius 3 is 3.00 bits per heavy atom. The van der Waals surface area contributed by atoms with E-state index in [1.807, 2.05) is 12.1 Å². The lowest BCUT2D eigenvalue weighted by Crippen LogP contribution is -2.42. The summed E-state index contributed by atoms with van der Waals surface area (Å²) in [7, 11) is 1.64. The normalized spacial score (nSPS) is 11.6. The number of ether oxygens (including phenoxy) is 1. The van der Waals surface area contributed by atoms with Crippen molar-refractivity contribution >= 4 is 28.9 Å². The zero-order valence-corrected chi connectivity index (χ0v) is 11.3. The van der Waals surface area contributed by atoms with E-state index in [-0.39, 0.29) is 0 Å². The van der Waals surface area contributed by atoms with Gasteiger partial charge in [-0.05, 0) is 18.6 Å². The van der Waals surface area contributed by atoms with Gasteiger partial charge < -0.3 is 10.1 Å². The maximum Gasteiger partial charge on any atom is 0.205 e. The molecule has 1 rings (SSSR count). The third-order valence-electron chi connectivity index (χ3n) is 1.99. The lowest BCUT2D eigenvalue weighted by molar-refractivity contribution is 0.208. The lowest BCUT2D eigenvalue weighted by Gasteiger charge is -2.08. The van der Waals surface area contributed by atoms with Gasteiger partial charge in [-0.15, -0.1) is 11.3 Å². The summed E-state index contributed by atoms with van der Waals surface area (Å²) in [5.41, 5.74) is 2.51.